The highest BCUT2D eigenvalue weighted by molar-refractivity contribution is 6.08. The SMILES string of the molecule is O=C(c1ccc(F)cc1)c1ccc(OCc2cccc([N+](=O)[O-])c2)cc1. The lowest BCUT2D eigenvalue weighted by Crippen LogP contribution is -2.02. The van der Waals surface area contributed by atoms with Crippen molar-refractivity contribution in [2.45, 2.75) is 6.61 Å². The molecule has 0 unspecified atom stereocenters. The van der Waals surface area contributed by atoms with E-state index in [2.05, 4.69) is 0 Å². The van der Waals surface area contributed by atoms with Gasteiger partial charge in [-0.05, 0) is 54.1 Å². The molecule has 0 bridgehead atoms. The molecule has 0 heterocycles. The molecule has 6 heteroatoms. The number of ketones is 1. The van der Waals surface area contributed by atoms with Crippen molar-refractivity contribution in [1.29, 1.82) is 0 Å². The summed E-state index contributed by atoms with van der Waals surface area (Å²) in [6, 6.07) is 18.1. The van der Waals surface area contributed by atoms with E-state index in [0.717, 1.165) is 0 Å². The van der Waals surface area contributed by atoms with Crippen LogP contribution in [0, 0.1) is 15.9 Å². The zero-order valence-corrected chi connectivity index (χ0v) is 13.6. The Hall–Kier alpha value is -3.54. The minimum absolute atomic E-state index is 0.00587. The molecule has 0 saturated carbocycles. The lowest BCUT2D eigenvalue weighted by Gasteiger charge is -2.07. The van der Waals surface area contributed by atoms with E-state index in [4.69, 9.17) is 4.74 Å². The number of benzene rings is 3. The van der Waals surface area contributed by atoms with Crippen LogP contribution >= 0.6 is 0 Å². The van der Waals surface area contributed by atoms with Crippen molar-refractivity contribution in [1.82, 2.24) is 0 Å². The first kappa shape index (κ1) is 17.3. The fourth-order valence-corrected chi connectivity index (χ4v) is 2.40. The van der Waals surface area contributed by atoms with Gasteiger partial charge in [-0.2, -0.15) is 0 Å². The Balaban J connectivity index is 1.66. The summed E-state index contributed by atoms with van der Waals surface area (Å²) >= 11 is 0. The Morgan fingerprint density at radius 2 is 1.58 bits per heavy atom. The van der Waals surface area contributed by atoms with Crippen molar-refractivity contribution in [2.24, 2.45) is 0 Å². The second-order valence-corrected chi connectivity index (χ2v) is 5.58. The van der Waals surface area contributed by atoms with Gasteiger partial charge in [0.2, 0.25) is 0 Å². The quantitative estimate of drug-likeness (QED) is 0.371. The predicted molar refractivity (Wildman–Crippen MR) is 93.7 cm³/mol. The van der Waals surface area contributed by atoms with Crippen LogP contribution in [0.25, 0.3) is 0 Å². The summed E-state index contributed by atoms with van der Waals surface area (Å²) in [5.74, 6) is -0.0751. The lowest BCUT2D eigenvalue weighted by atomic mass is 10.0. The summed E-state index contributed by atoms with van der Waals surface area (Å²) < 4.78 is 18.5. The molecule has 0 amide bonds. The van der Waals surface area contributed by atoms with E-state index in [0.29, 0.717) is 22.4 Å². The van der Waals surface area contributed by atoms with Crippen molar-refractivity contribution in [3.63, 3.8) is 0 Å². The molecule has 0 saturated heterocycles. The third-order valence-corrected chi connectivity index (χ3v) is 3.75. The highest BCUT2D eigenvalue weighted by Gasteiger charge is 2.10. The highest BCUT2D eigenvalue weighted by atomic mass is 19.1. The second kappa shape index (κ2) is 7.57. The fourth-order valence-electron chi connectivity index (χ4n) is 2.40. The number of non-ortho nitro benzene ring substituents is 1. The fraction of sp³-hybridized carbons (Fsp3) is 0.0500. The Morgan fingerprint density at radius 3 is 2.19 bits per heavy atom. The average molecular weight is 351 g/mol. The molecule has 3 rings (SSSR count). The number of nitro groups is 1. The molecule has 3 aromatic carbocycles. The number of hydrogen-bond acceptors (Lipinski definition) is 4. The maximum absolute atomic E-state index is 12.9. The molecule has 0 spiro atoms. The summed E-state index contributed by atoms with van der Waals surface area (Å²) in [6.45, 7) is 0.174. The van der Waals surface area contributed by atoms with Gasteiger partial charge < -0.3 is 4.74 Å². The molecule has 0 aliphatic rings. The first-order valence-corrected chi connectivity index (χ1v) is 7.79. The normalized spacial score (nSPS) is 10.3. The van der Waals surface area contributed by atoms with E-state index in [1.165, 1.54) is 36.4 Å². The molecule has 5 nitrogen and oxygen atoms in total. The van der Waals surface area contributed by atoms with Crippen LogP contribution in [0.4, 0.5) is 10.1 Å². The van der Waals surface area contributed by atoms with Crippen molar-refractivity contribution in [3.05, 3.63) is 105 Å². The van der Waals surface area contributed by atoms with Gasteiger partial charge in [-0.1, -0.05) is 12.1 Å². The molecule has 0 radical (unpaired) electrons. The van der Waals surface area contributed by atoms with Gasteiger partial charge in [-0.25, -0.2) is 4.39 Å². The summed E-state index contributed by atoms with van der Waals surface area (Å²) in [7, 11) is 0. The van der Waals surface area contributed by atoms with Crippen LogP contribution in [0.15, 0.2) is 72.8 Å². The first-order chi connectivity index (χ1) is 12.5. The number of hydrogen-bond donors (Lipinski definition) is 0. The molecule has 3 aromatic rings. The number of carbonyl (C=O) groups excluding carboxylic acids is 1. The number of halogens is 1. The van der Waals surface area contributed by atoms with Gasteiger partial charge >= 0.3 is 0 Å². The van der Waals surface area contributed by atoms with Crippen LogP contribution < -0.4 is 4.74 Å². The van der Waals surface area contributed by atoms with Gasteiger partial charge in [0.25, 0.3) is 5.69 Å². The van der Waals surface area contributed by atoms with Crippen molar-refractivity contribution >= 4 is 11.5 Å². The van der Waals surface area contributed by atoms with Gasteiger partial charge in [0.1, 0.15) is 18.2 Å². The summed E-state index contributed by atoms with van der Waals surface area (Å²) in [5.41, 5.74) is 1.54. The van der Waals surface area contributed by atoms with Gasteiger partial charge in [0.05, 0.1) is 4.92 Å². The largest absolute Gasteiger partial charge is 0.489 e. The van der Waals surface area contributed by atoms with E-state index < -0.39 is 10.7 Å². The van der Waals surface area contributed by atoms with Crippen molar-refractivity contribution in [3.8, 4) is 5.75 Å². The molecule has 26 heavy (non-hydrogen) atoms. The van der Waals surface area contributed by atoms with E-state index in [9.17, 15) is 19.3 Å². The van der Waals surface area contributed by atoms with Crippen LogP contribution in [-0.4, -0.2) is 10.7 Å². The molecule has 0 aliphatic heterocycles. The van der Waals surface area contributed by atoms with Gasteiger partial charge in [-0.3, -0.25) is 14.9 Å². The first-order valence-electron chi connectivity index (χ1n) is 7.79. The van der Waals surface area contributed by atoms with Gasteiger partial charge in [0.15, 0.2) is 5.78 Å². The standard InChI is InChI=1S/C20H14FNO4/c21-17-8-4-15(5-9-17)20(23)16-6-10-19(11-7-16)26-13-14-2-1-3-18(12-14)22(24)25/h1-12H,13H2. The van der Waals surface area contributed by atoms with E-state index >= 15 is 0 Å². The second-order valence-electron chi connectivity index (χ2n) is 5.58. The van der Waals surface area contributed by atoms with Gasteiger partial charge in [0, 0.05) is 23.3 Å². The highest BCUT2D eigenvalue weighted by Crippen LogP contribution is 2.19. The number of ether oxygens (including phenoxy) is 1. The van der Waals surface area contributed by atoms with Crippen LogP contribution in [0.2, 0.25) is 0 Å². The van der Waals surface area contributed by atoms with Crippen LogP contribution in [-0.2, 0) is 6.61 Å². The summed E-state index contributed by atoms with van der Waals surface area (Å²) in [5, 5.41) is 10.8. The lowest BCUT2D eigenvalue weighted by molar-refractivity contribution is -0.384. The minimum atomic E-state index is -0.459. The van der Waals surface area contributed by atoms with Crippen LogP contribution in [0.1, 0.15) is 21.5 Å². The molecule has 0 N–H and O–H groups in total. The number of rotatable bonds is 6. The number of carbonyl (C=O) groups is 1. The molecule has 130 valence electrons. The van der Waals surface area contributed by atoms with Crippen LogP contribution in [0.3, 0.4) is 0 Å². The minimum Gasteiger partial charge on any atom is -0.489 e. The smallest absolute Gasteiger partial charge is 0.269 e. The molecular formula is C20H14FNO4. The van der Waals surface area contributed by atoms with Crippen LogP contribution in [0.5, 0.6) is 5.75 Å². The zero-order chi connectivity index (χ0) is 18.5. The number of nitro benzene ring substituents is 1. The van der Waals surface area contributed by atoms with E-state index in [1.54, 1.807) is 36.4 Å². The molecule has 0 fully saturated rings. The Bertz CT molecular complexity index is 937. The Labute approximate surface area is 148 Å². The summed E-state index contributed by atoms with van der Waals surface area (Å²) in [4.78, 5) is 22.6. The molecular weight excluding hydrogens is 337 g/mol. The summed E-state index contributed by atoms with van der Waals surface area (Å²) in [6.07, 6.45) is 0. The Kier molecular flexibility index (Phi) is 5.03. The van der Waals surface area contributed by atoms with Crippen molar-refractivity contribution < 1.29 is 18.8 Å². The van der Waals surface area contributed by atoms with E-state index in [-0.39, 0.29) is 18.1 Å². The molecule has 0 aromatic heterocycles. The number of nitrogens with zero attached hydrogens (tertiary/aromatic N) is 1. The zero-order valence-electron chi connectivity index (χ0n) is 13.6. The van der Waals surface area contributed by atoms with E-state index in [1.807, 2.05) is 0 Å². The Morgan fingerprint density at radius 1 is 0.962 bits per heavy atom. The maximum atomic E-state index is 12.9. The predicted octanol–water partition coefficient (Wildman–Crippen LogP) is 4.54. The van der Waals surface area contributed by atoms with Crippen molar-refractivity contribution in [2.75, 3.05) is 0 Å². The van der Waals surface area contributed by atoms with Gasteiger partial charge in [-0.15, -0.1) is 0 Å². The average Bonchev–Trinajstić information content (AvgIpc) is 2.67. The maximum Gasteiger partial charge on any atom is 0.269 e. The third-order valence-electron chi connectivity index (χ3n) is 3.75. The third kappa shape index (κ3) is 4.10. The topological polar surface area (TPSA) is 69.4 Å². The molecule has 0 atom stereocenters. The molecule has 0 aliphatic carbocycles. The monoisotopic (exact) mass is 351 g/mol.